The lowest BCUT2D eigenvalue weighted by Crippen LogP contribution is -2.45. The Hall–Kier alpha value is -1.06. The molecule has 4 heteroatoms. The Morgan fingerprint density at radius 3 is 2.20 bits per heavy atom. The molecular formula is C16H28N2O2. The summed E-state index contributed by atoms with van der Waals surface area (Å²) in [5, 5.41) is 0. The highest BCUT2D eigenvalue weighted by Gasteiger charge is 2.30. The van der Waals surface area contributed by atoms with Gasteiger partial charge in [0.2, 0.25) is 11.8 Å². The molecule has 0 aromatic rings. The smallest absolute Gasteiger partial charge is 0.225 e. The minimum absolute atomic E-state index is 0.156. The van der Waals surface area contributed by atoms with Crippen LogP contribution in [0.1, 0.15) is 58.3 Å². The van der Waals surface area contributed by atoms with E-state index in [2.05, 4.69) is 6.92 Å². The van der Waals surface area contributed by atoms with Gasteiger partial charge in [-0.1, -0.05) is 13.3 Å². The van der Waals surface area contributed by atoms with Gasteiger partial charge < -0.3 is 9.80 Å². The molecule has 0 spiro atoms. The number of carbonyl (C=O) groups is 2. The number of rotatable bonds is 4. The summed E-state index contributed by atoms with van der Waals surface area (Å²) in [6.07, 6.45) is 7.98. The summed E-state index contributed by atoms with van der Waals surface area (Å²) in [6, 6.07) is 0. The fraction of sp³-hybridized carbons (Fsp3) is 0.875. The quantitative estimate of drug-likeness (QED) is 0.793. The zero-order valence-electron chi connectivity index (χ0n) is 12.8. The molecule has 20 heavy (non-hydrogen) atoms. The third kappa shape index (κ3) is 3.97. The first-order valence-electron chi connectivity index (χ1n) is 8.29. The van der Waals surface area contributed by atoms with Crippen LogP contribution in [0.4, 0.5) is 0 Å². The molecule has 0 aromatic heterocycles. The Morgan fingerprint density at radius 2 is 1.60 bits per heavy atom. The van der Waals surface area contributed by atoms with Crippen LogP contribution in [0.25, 0.3) is 0 Å². The van der Waals surface area contributed by atoms with Gasteiger partial charge in [0.15, 0.2) is 0 Å². The SMILES string of the molecule is CCCCC(=O)N1CCC(C(=O)N2CCCCC2)CC1. The van der Waals surface area contributed by atoms with Crippen LogP contribution in [0.5, 0.6) is 0 Å². The summed E-state index contributed by atoms with van der Waals surface area (Å²) in [4.78, 5) is 28.4. The highest BCUT2D eigenvalue weighted by molar-refractivity contribution is 5.80. The highest BCUT2D eigenvalue weighted by Crippen LogP contribution is 2.22. The van der Waals surface area contributed by atoms with Crippen molar-refractivity contribution < 1.29 is 9.59 Å². The number of likely N-dealkylation sites (tertiary alicyclic amines) is 2. The van der Waals surface area contributed by atoms with E-state index < -0.39 is 0 Å². The van der Waals surface area contributed by atoms with Crippen LogP contribution in [-0.4, -0.2) is 47.8 Å². The van der Waals surface area contributed by atoms with Gasteiger partial charge in [-0.25, -0.2) is 0 Å². The van der Waals surface area contributed by atoms with Gasteiger partial charge in [-0.2, -0.15) is 0 Å². The number of amides is 2. The molecule has 2 fully saturated rings. The molecule has 2 heterocycles. The van der Waals surface area contributed by atoms with Gasteiger partial charge in [-0.3, -0.25) is 9.59 Å². The van der Waals surface area contributed by atoms with Crippen LogP contribution < -0.4 is 0 Å². The number of piperidine rings is 2. The maximum atomic E-state index is 12.4. The zero-order valence-corrected chi connectivity index (χ0v) is 12.8. The summed E-state index contributed by atoms with van der Waals surface area (Å²) in [5.41, 5.74) is 0. The second kappa shape index (κ2) is 7.65. The Labute approximate surface area is 122 Å². The first kappa shape index (κ1) is 15.3. The molecule has 2 aliphatic rings. The van der Waals surface area contributed by atoms with E-state index in [-0.39, 0.29) is 11.8 Å². The van der Waals surface area contributed by atoms with Crippen LogP contribution >= 0.6 is 0 Å². The van der Waals surface area contributed by atoms with E-state index in [1.54, 1.807) is 0 Å². The molecule has 0 radical (unpaired) electrons. The van der Waals surface area contributed by atoms with Gasteiger partial charge in [0.1, 0.15) is 0 Å². The lowest BCUT2D eigenvalue weighted by Gasteiger charge is -2.35. The average Bonchev–Trinajstić information content (AvgIpc) is 2.53. The van der Waals surface area contributed by atoms with E-state index in [9.17, 15) is 9.59 Å². The molecule has 0 atom stereocenters. The van der Waals surface area contributed by atoms with Crippen molar-refractivity contribution in [1.82, 2.24) is 9.80 Å². The topological polar surface area (TPSA) is 40.6 Å². The van der Waals surface area contributed by atoms with Crippen molar-refractivity contribution in [3.05, 3.63) is 0 Å². The molecule has 0 saturated carbocycles. The molecular weight excluding hydrogens is 252 g/mol. The van der Waals surface area contributed by atoms with Gasteiger partial charge in [0, 0.05) is 38.5 Å². The lowest BCUT2D eigenvalue weighted by molar-refractivity contribution is -0.141. The molecule has 0 N–H and O–H groups in total. The van der Waals surface area contributed by atoms with E-state index in [4.69, 9.17) is 0 Å². The highest BCUT2D eigenvalue weighted by atomic mass is 16.2. The predicted molar refractivity (Wildman–Crippen MR) is 79.3 cm³/mol. The lowest BCUT2D eigenvalue weighted by atomic mass is 9.94. The van der Waals surface area contributed by atoms with Crippen LogP contribution in [0.3, 0.4) is 0 Å². The van der Waals surface area contributed by atoms with E-state index >= 15 is 0 Å². The predicted octanol–water partition coefficient (Wildman–Crippen LogP) is 2.43. The fourth-order valence-corrected chi connectivity index (χ4v) is 3.23. The van der Waals surface area contributed by atoms with Crippen molar-refractivity contribution in [2.24, 2.45) is 5.92 Å². The van der Waals surface area contributed by atoms with Crippen molar-refractivity contribution in [2.45, 2.75) is 58.3 Å². The standard InChI is InChI=1S/C16H28N2O2/c1-2-3-7-15(19)17-12-8-14(9-13-17)16(20)18-10-5-4-6-11-18/h14H,2-13H2,1H3. The molecule has 0 bridgehead atoms. The third-order valence-corrected chi connectivity index (χ3v) is 4.61. The second-order valence-electron chi connectivity index (χ2n) is 6.14. The Morgan fingerprint density at radius 1 is 0.950 bits per heavy atom. The largest absolute Gasteiger partial charge is 0.343 e. The van der Waals surface area contributed by atoms with Crippen molar-refractivity contribution in [3.8, 4) is 0 Å². The average molecular weight is 280 g/mol. The van der Waals surface area contributed by atoms with Crippen molar-refractivity contribution >= 4 is 11.8 Å². The van der Waals surface area contributed by atoms with E-state index in [1.807, 2.05) is 9.80 Å². The van der Waals surface area contributed by atoms with Crippen LogP contribution in [-0.2, 0) is 9.59 Å². The van der Waals surface area contributed by atoms with Gasteiger partial charge in [0.05, 0.1) is 0 Å². The van der Waals surface area contributed by atoms with Crippen molar-refractivity contribution in [1.29, 1.82) is 0 Å². The number of hydrogen-bond acceptors (Lipinski definition) is 2. The maximum absolute atomic E-state index is 12.4. The van der Waals surface area contributed by atoms with Gasteiger partial charge in [-0.05, 0) is 38.5 Å². The minimum atomic E-state index is 0.156. The molecule has 2 aliphatic heterocycles. The molecule has 0 aromatic carbocycles. The maximum Gasteiger partial charge on any atom is 0.225 e. The summed E-state index contributed by atoms with van der Waals surface area (Å²) < 4.78 is 0. The molecule has 2 saturated heterocycles. The van der Waals surface area contributed by atoms with E-state index in [0.29, 0.717) is 12.3 Å². The molecule has 0 unspecified atom stereocenters. The minimum Gasteiger partial charge on any atom is -0.343 e. The van der Waals surface area contributed by atoms with Crippen LogP contribution in [0.15, 0.2) is 0 Å². The normalized spacial score (nSPS) is 21.1. The molecule has 0 aliphatic carbocycles. The van der Waals surface area contributed by atoms with Crippen LogP contribution in [0, 0.1) is 5.92 Å². The van der Waals surface area contributed by atoms with Gasteiger partial charge in [0.25, 0.3) is 0 Å². The number of nitrogens with zero attached hydrogens (tertiary/aromatic N) is 2. The third-order valence-electron chi connectivity index (χ3n) is 4.61. The Bertz CT molecular complexity index is 329. The molecule has 4 nitrogen and oxygen atoms in total. The summed E-state index contributed by atoms with van der Waals surface area (Å²) in [5.74, 6) is 0.768. The Balaban J connectivity index is 1.75. The number of hydrogen-bond donors (Lipinski definition) is 0. The number of carbonyl (C=O) groups excluding carboxylic acids is 2. The van der Waals surface area contributed by atoms with Crippen molar-refractivity contribution in [2.75, 3.05) is 26.2 Å². The van der Waals surface area contributed by atoms with Gasteiger partial charge >= 0.3 is 0 Å². The first-order chi connectivity index (χ1) is 9.72. The van der Waals surface area contributed by atoms with Crippen LogP contribution in [0.2, 0.25) is 0 Å². The molecule has 2 rings (SSSR count). The summed E-state index contributed by atoms with van der Waals surface area (Å²) in [6.45, 7) is 5.53. The summed E-state index contributed by atoms with van der Waals surface area (Å²) in [7, 11) is 0. The Kier molecular flexibility index (Phi) is 5.86. The molecule has 114 valence electrons. The van der Waals surface area contributed by atoms with E-state index in [1.165, 1.54) is 6.42 Å². The molecule has 2 amide bonds. The first-order valence-corrected chi connectivity index (χ1v) is 8.29. The second-order valence-corrected chi connectivity index (χ2v) is 6.14. The monoisotopic (exact) mass is 280 g/mol. The zero-order chi connectivity index (χ0) is 14.4. The number of unbranched alkanes of at least 4 members (excludes halogenated alkanes) is 1. The van der Waals surface area contributed by atoms with Crippen molar-refractivity contribution in [3.63, 3.8) is 0 Å². The van der Waals surface area contributed by atoms with Gasteiger partial charge in [-0.15, -0.1) is 0 Å². The van der Waals surface area contributed by atoms with E-state index in [0.717, 1.165) is 64.7 Å². The summed E-state index contributed by atoms with van der Waals surface area (Å²) >= 11 is 0. The fourth-order valence-electron chi connectivity index (χ4n) is 3.23.